The average Bonchev–Trinajstić information content (AvgIpc) is 3.31. The summed E-state index contributed by atoms with van der Waals surface area (Å²) in [4.78, 5) is 32.2. The number of hydrogen-bond donors (Lipinski definition) is 3. The van der Waals surface area contributed by atoms with Gasteiger partial charge in [-0.3, -0.25) is 14.6 Å². The van der Waals surface area contributed by atoms with Gasteiger partial charge in [0.1, 0.15) is 5.75 Å². The molecule has 1 fully saturated rings. The van der Waals surface area contributed by atoms with Gasteiger partial charge in [-0.2, -0.15) is 26.3 Å². The smallest absolute Gasteiger partial charge is 0.416 e. The van der Waals surface area contributed by atoms with Crippen LogP contribution in [-0.4, -0.2) is 58.5 Å². The number of ether oxygens (including phenoxy) is 1. The van der Waals surface area contributed by atoms with Crippen LogP contribution in [0.25, 0.3) is 11.6 Å². The van der Waals surface area contributed by atoms with E-state index in [1.165, 1.54) is 19.2 Å². The maximum Gasteiger partial charge on any atom is 0.416 e. The summed E-state index contributed by atoms with van der Waals surface area (Å²) in [6.45, 7) is -0.905. The topological polar surface area (TPSA) is 120 Å². The lowest BCUT2D eigenvalue weighted by molar-refractivity contribution is -0.143. The normalized spacial score (nSPS) is 20.8. The van der Waals surface area contributed by atoms with Gasteiger partial charge in [-0.05, 0) is 96.2 Å². The summed E-state index contributed by atoms with van der Waals surface area (Å²) >= 11 is 6.33. The van der Waals surface area contributed by atoms with Gasteiger partial charge in [0.15, 0.2) is 0 Å². The molecular weight excluding hydrogens is 694 g/mol. The fourth-order valence-electron chi connectivity index (χ4n) is 6.68. The van der Waals surface area contributed by atoms with Crippen LogP contribution in [0, 0.1) is 17.8 Å². The van der Waals surface area contributed by atoms with Gasteiger partial charge < -0.3 is 20.1 Å². The highest BCUT2D eigenvalue weighted by Gasteiger charge is 2.56. The molecule has 1 aliphatic heterocycles. The quantitative estimate of drug-likeness (QED) is 0.118. The lowest BCUT2D eigenvalue weighted by Crippen LogP contribution is -2.39. The Hall–Kier alpha value is -4.24. The van der Waals surface area contributed by atoms with Crippen LogP contribution in [0.5, 0.6) is 5.75 Å². The van der Waals surface area contributed by atoms with Crippen molar-refractivity contribution >= 4 is 40.8 Å². The van der Waals surface area contributed by atoms with Crippen molar-refractivity contribution in [3.8, 4) is 5.75 Å². The molecule has 0 radical (unpaired) electrons. The predicted molar refractivity (Wildman–Crippen MR) is 170 cm³/mol. The average molecular weight is 725 g/mol. The van der Waals surface area contributed by atoms with E-state index in [1.807, 2.05) is 0 Å². The highest BCUT2D eigenvalue weighted by atomic mass is 35.5. The molecule has 1 aliphatic carbocycles. The van der Waals surface area contributed by atoms with Crippen LogP contribution in [0.15, 0.2) is 71.9 Å². The second-order valence-electron chi connectivity index (χ2n) is 12.0. The number of phenols is 1. The standard InChI is InChI=1S/C35H31ClF6N2O6/c1-50-17-20-11-25-31(33(49)44(32(25)48)23-13-21(34(37,38)39)12-22(14-23)35(40,41)42)26(16-45)30(20)29(47)8-6-19(28-4-2-3-9-43-28)10-18-5-7-24(46)15-27(18)36/h2-5,7,9-10,12-15,25-26,29,31,45-47H,6,8,11,16-17H2,1H3/b19-10-/t25-,26+,29-,31-/m1/s1. The number of anilines is 1. The van der Waals surface area contributed by atoms with E-state index in [0.717, 1.165) is 0 Å². The first-order valence-corrected chi connectivity index (χ1v) is 15.7. The number of carbonyl (C=O) groups is 2. The Morgan fingerprint density at radius 2 is 1.72 bits per heavy atom. The van der Waals surface area contributed by atoms with Gasteiger partial charge >= 0.3 is 12.4 Å². The van der Waals surface area contributed by atoms with E-state index in [0.29, 0.717) is 39.4 Å². The molecule has 2 aliphatic rings. The van der Waals surface area contributed by atoms with E-state index in [2.05, 4.69) is 4.98 Å². The molecule has 2 heterocycles. The Balaban J connectivity index is 1.49. The van der Waals surface area contributed by atoms with Crippen molar-refractivity contribution in [2.45, 2.75) is 37.7 Å². The minimum absolute atomic E-state index is 0.00294. The maximum absolute atomic E-state index is 13.8. The molecule has 2 aromatic carbocycles. The second kappa shape index (κ2) is 14.5. The largest absolute Gasteiger partial charge is 0.508 e. The van der Waals surface area contributed by atoms with Crippen molar-refractivity contribution in [2.24, 2.45) is 17.8 Å². The van der Waals surface area contributed by atoms with Crippen LogP contribution in [0.1, 0.15) is 41.6 Å². The molecule has 0 spiro atoms. The summed E-state index contributed by atoms with van der Waals surface area (Å²) in [5, 5.41) is 32.2. The molecule has 3 aromatic rings. The van der Waals surface area contributed by atoms with E-state index in [1.54, 1.807) is 36.5 Å². The third kappa shape index (κ3) is 7.58. The number of imide groups is 1. The number of carbonyl (C=O) groups excluding carboxylic acids is 2. The van der Waals surface area contributed by atoms with Crippen molar-refractivity contribution in [3.63, 3.8) is 0 Å². The third-order valence-corrected chi connectivity index (χ3v) is 9.21. The number of aromatic nitrogens is 1. The fourth-order valence-corrected chi connectivity index (χ4v) is 6.91. The number of aromatic hydroxyl groups is 1. The van der Waals surface area contributed by atoms with Crippen molar-refractivity contribution < 1.29 is 56.0 Å². The summed E-state index contributed by atoms with van der Waals surface area (Å²) in [6.07, 6.45) is -8.49. The molecule has 15 heteroatoms. The molecule has 5 rings (SSSR count). The van der Waals surface area contributed by atoms with Crippen molar-refractivity contribution in [3.05, 3.63) is 99.3 Å². The van der Waals surface area contributed by atoms with Crippen molar-refractivity contribution in [1.29, 1.82) is 0 Å². The first kappa shape index (κ1) is 37.0. The van der Waals surface area contributed by atoms with E-state index in [9.17, 15) is 51.3 Å². The van der Waals surface area contributed by atoms with E-state index < -0.39 is 71.4 Å². The first-order valence-electron chi connectivity index (χ1n) is 15.3. The van der Waals surface area contributed by atoms with Crippen LogP contribution in [0.4, 0.5) is 32.0 Å². The van der Waals surface area contributed by atoms with E-state index in [-0.39, 0.29) is 48.3 Å². The third-order valence-electron chi connectivity index (χ3n) is 8.88. The van der Waals surface area contributed by atoms with Gasteiger partial charge in [-0.15, -0.1) is 0 Å². The highest BCUT2D eigenvalue weighted by Crippen LogP contribution is 2.48. The molecule has 1 aromatic heterocycles. The number of nitrogens with zero attached hydrogens (tertiary/aromatic N) is 2. The second-order valence-corrected chi connectivity index (χ2v) is 12.4. The summed E-state index contributed by atoms with van der Waals surface area (Å²) in [7, 11) is 1.34. The number of aliphatic hydroxyl groups is 2. The Labute approximate surface area is 287 Å². The van der Waals surface area contributed by atoms with Gasteiger partial charge in [0.2, 0.25) is 11.8 Å². The van der Waals surface area contributed by atoms with Crippen LogP contribution in [0.3, 0.4) is 0 Å². The number of halogens is 7. The molecule has 1 saturated heterocycles. The molecule has 266 valence electrons. The first-order chi connectivity index (χ1) is 23.5. The van der Waals surface area contributed by atoms with Crippen LogP contribution in [0.2, 0.25) is 5.02 Å². The Bertz CT molecular complexity index is 1800. The van der Waals surface area contributed by atoms with Gasteiger partial charge in [0.25, 0.3) is 0 Å². The zero-order chi connectivity index (χ0) is 36.5. The Morgan fingerprint density at radius 1 is 1.04 bits per heavy atom. The minimum Gasteiger partial charge on any atom is -0.508 e. The number of pyridine rings is 1. The number of fused-ring (bicyclic) bond motifs is 1. The fraction of sp³-hybridized carbons (Fsp3) is 0.343. The Kier molecular flexibility index (Phi) is 10.8. The van der Waals surface area contributed by atoms with Crippen LogP contribution < -0.4 is 4.90 Å². The number of aliphatic hydroxyl groups excluding tert-OH is 2. The molecule has 8 nitrogen and oxygen atoms in total. The maximum atomic E-state index is 13.8. The summed E-state index contributed by atoms with van der Waals surface area (Å²) in [6, 6.07) is 10.1. The number of alkyl halides is 6. The van der Waals surface area contributed by atoms with Gasteiger partial charge in [0, 0.05) is 19.2 Å². The van der Waals surface area contributed by atoms with Crippen LogP contribution >= 0.6 is 11.6 Å². The molecule has 2 amide bonds. The summed E-state index contributed by atoms with van der Waals surface area (Å²) in [5.74, 6) is -6.01. The number of amides is 2. The number of hydrogen-bond acceptors (Lipinski definition) is 7. The molecule has 4 atom stereocenters. The van der Waals surface area contributed by atoms with E-state index >= 15 is 0 Å². The zero-order valence-corrected chi connectivity index (χ0v) is 27.1. The van der Waals surface area contributed by atoms with Crippen molar-refractivity contribution in [1.82, 2.24) is 4.98 Å². The van der Waals surface area contributed by atoms with Gasteiger partial charge in [-0.25, -0.2) is 4.90 Å². The summed E-state index contributed by atoms with van der Waals surface area (Å²) in [5.41, 5.74) is -2.01. The molecule has 3 N–H and O–H groups in total. The number of methoxy groups -OCH3 is 1. The SMILES string of the molecule is COCC1=C([C@H](O)CC/C(=C/c2ccc(O)cc2Cl)c2ccccn2)[C@H](CO)[C@@H]2C(=O)N(c3cc(C(F)(F)F)cc(C(F)(F)F)c3)C(=O)[C@@H]2C1. The Morgan fingerprint density at radius 3 is 2.28 bits per heavy atom. The van der Waals surface area contributed by atoms with Crippen molar-refractivity contribution in [2.75, 3.05) is 25.2 Å². The zero-order valence-electron chi connectivity index (χ0n) is 26.3. The molecule has 0 bridgehead atoms. The molecular formula is C35H31ClF6N2O6. The molecule has 0 unspecified atom stereocenters. The number of rotatable bonds is 10. The highest BCUT2D eigenvalue weighted by molar-refractivity contribution is 6.32. The van der Waals surface area contributed by atoms with E-state index in [4.69, 9.17) is 16.3 Å². The molecule has 0 saturated carbocycles. The minimum atomic E-state index is -5.22. The predicted octanol–water partition coefficient (Wildman–Crippen LogP) is 6.92. The monoisotopic (exact) mass is 724 g/mol. The number of allylic oxidation sites excluding steroid dienone is 1. The van der Waals surface area contributed by atoms with Gasteiger partial charge in [-0.1, -0.05) is 17.7 Å². The number of phenolic OH excluding ortho intramolecular Hbond substituents is 1. The lowest BCUT2D eigenvalue weighted by atomic mass is 9.68. The number of benzene rings is 2. The van der Waals surface area contributed by atoms with Gasteiger partial charge in [0.05, 0.1) is 58.7 Å². The summed E-state index contributed by atoms with van der Waals surface area (Å²) < 4.78 is 87.2. The lowest BCUT2D eigenvalue weighted by Gasteiger charge is -2.36. The molecule has 50 heavy (non-hydrogen) atoms. The van der Waals surface area contributed by atoms with Crippen LogP contribution in [-0.2, 0) is 26.7 Å².